The van der Waals surface area contributed by atoms with Crippen molar-refractivity contribution in [1.29, 1.82) is 0 Å². The first-order chi connectivity index (χ1) is 11.6. The summed E-state index contributed by atoms with van der Waals surface area (Å²) in [6.45, 7) is 1.89. The fourth-order valence-corrected chi connectivity index (χ4v) is 2.40. The maximum absolute atomic E-state index is 12.8. The zero-order valence-corrected chi connectivity index (χ0v) is 12.9. The lowest BCUT2D eigenvalue weighted by molar-refractivity contribution is 0.0984. The number of carbonyl (C=O) groups is 1. The van der Waals surface area contributed by atoms with Gasteiger partial charge in [-0.3, -0.25) is 14.6 Å². The summed E-state index contributed by atoms with van der Waals surface area (Å²) < 4.78 is 4.98. The molecule has 24 heavy (non-hydrogen) atoms. The first kappa shape index (κ1) is 15.5. The molecule has 0 bridgehead atoms. The molecule has 2 aromatic heterocycles. The number of rotatable bonds is 4. The third-order valence-corrected chi connectivity index (χ3v) is 3.64. The molecule has 0 aliphatic rings. The number of nitrogens with zero attached hydrogens (tertiary/aromatic N) is 1. The molecule has 0 aliphatic carbocycles. The number of aromatic amines is 2. The van der Waals surface area contributed by atoms with Crippen molar-refractivity contribution < 1.29 is 9.21 Å². The van der Waals surface area contributed by atoms with Crippen LogP contribution in [-0.2, 0) is 6.54 Å². The van der Waals surface area contributed by atoms with Crippen molar-refractivity contribution in [2.24, 2.45) is 0 Å². The van der Waals surface area contributed by atoms with Gasteiger partial charge in [0, 0.05) is 11.9 Å². The second-order valence-electron chi connectivity index (χ2n) is 5.29. The highest BCUT2D eigenvalue weighted by molar-refractivity contribution is 6.06. The van der Waals surface area contributed by atoms with Crippen molar-refractivity contribution >= 4 is 11.6 Å². The van der Waals surface area contributed by atoms with Gasteiger partial charge in [0.15, 0.2) is 0 Å². The maximum atomic E-state index is 12.8. The molecule has 2 N–H and O–H groups in total. The molecular formula is C17H15N3O4. The molecule has 0 unspecified atom stereocenters. The van der Waals surface area contributed by atoms with E-state index in [1.807, 2.05) is 25.1 Å². The molecule has 0 saturated carbocycles. The topological polar surface area (TPSA) is 99.2 Å². The average molecular weight is 325 g/mol. The molecule has 7 heteroatoms. The van der Waals surface area contributed by atoms with Gasteiger partial charge in [0.2, 0.25) is 0 Å². The van der Waals surface area contributed by atoms with E-state index in [0.29, 0.717) is 11.3 Å². The van der Waals surface area contributed by atoms with Gasteiger partial charge in [-0.2, -0.15) is 0 Å². The highest BCUT2D eigenvalue weighted by atomic mass is 16.3. The molecule has 0 fully saturated rings. The van der Waals surface area contributed by atoms with E-state index >= 15 is 0 Å². The fourth-order valence-electron chi connectivity index (χ4n) is 2.40. The van der Waals surface area contributed by atoms with Gasteiger partial charge in [0.25, 0.3) is 11.5 Å². The molecule has 0 aliphatic heterocycles. The van der Waals surface area contributed by atoms with Crippen LogP contribution in [0.15, 0.2) is 63.1 Å². The van der Waals surface area contributed by atoms with E-state index in [2.05, 4.69) is 9.97 Å². The van der Waals surface area contributed by atoms with Crippen LogP contribution in [0.5, 0.6) is 0 Å². The van der Waals surface area contributed by atoms with Crippen molar-refractivity contribution in [1.82, 2.24) is 9.97 Å². The zero-order chi connectivity index (χ0) is 17.1. The SMILES string of the molecule is Cc1ccccc1N(Cc1c[nH]c(=O)[nH]c1=O)C(=O)c1ccoc1. The Balaban J connectivity index is 2.05. The lowest BCUT2D eigenvalue weighted by atomic mass is 10.1. The van der Waals surface area contributed by atoms with E-state index < -0.39 is 11.2 Å². The molecule has 1 aromatic carbocycles. The van der Waals surface area contributed by atoms with Crippen molar-refractivity contribution in [3.63, 3.8) is 0 Å². The van der Waals surface area contributed by atoms with Gasteiger partial charge in [-0.25, -0.2) is 4.79 Å². The summed E-state index contributed by atoms with van der Waals surface area (Å²) in [5, 5.41) is 0. The van der Waals surface area contributed by atoms with Crippen molar-refractivity contribution in [3.8, 4) is 0 Å². The summed E-state index contributed by atoms with van der Waals surface area (Å²) in [4.78, 5) is 42.0. The minimum Gasteiger partial charge on any atom is -0.472 e. The predicted molar refractivity (Wildman–Crippen MR) is 88.1 cm³/mol. The van der Waals surface area contributed by atoms with Gasteiger partial charge < -0.3 is 14.3 Å². The van der Waals surface area contributed by atoms with E-state index in [-0.39, 0.29) is 18.0 Å². The quantitative estimate of drug-likeness (QED) is 0.764. The number of anilines is 1. The number of amides is 1. The second kappa shape index (κ2) is 6.41. The van der Waals surface area contributed by atoms with Crippen LogP contribution in [0.2, 0.25) is 0 Å². The molecule has 0 atom stereocenters. The molecule has 7 nitrogen and oxygen atoms in total. The number of nitrogens with one attached hydrogen (secondary N) is 2. The summed E-state index contributed by atoms with van der Waals surface area (Å²) in [5.74, 6) is -0.302. The molecule has 2 heterocycles. The molecule has 0 spiro atoms. The van der Waals surface area contributed by atoms with Crippen molar-refractivity contribution in [3.05, 3.63) is 86.6 Å². The summed E-state index contributed by atoms with van der Waals surface area (Å²) in [6, 6.07) is 8.92. The van der Waals surface area contributed by atoms with E-state index in [1.54, 1.807) is 12.1 Å². The van der Waals surface area contributed by atoms with E-state index in [4.69, 9.17) is 4.42 Å². The first-order valence-corrected chi connectivity index (χ1v) is 7.27. The number of H-pyrrole nitrogens is 2. The number of hydrogen-bond acceptors (Lipinski definition) is 4. The van der Waals surface area contributed by atoms with Gasteiger partial charge >= 0.3 is 5.69 Å². The van der Waals surface area contributed by atoms with Crippen LogP contribution in [0.4, 0.5) is 5.69 Å². The van der Waals surface area contributed by atoms with E-state index in [0.717, 1.165) is 5.56 Å². The minimum absolute atomic E-state index is 0.0149. The summed E-state index contributed by atoms with van der Waals surface area (Å²) in [6.07, 6.45) is 4.08. The number of hydrogen-bond donors (Lipinski definition) is 2. The molecular weight excluding hydrogens is 310 g/mol. The van der Waals surface area contributed by atoms with Gasteiger partial charge in [-0.1, -0.05) is 18.2 Å². The molecule has 3 aromatic rings. The standard InChI is InChI=1S/C17H15N3O4/c1-11-4-2-3-5-14(11)20(16(22)12-6-7-24-10-12)9-13-8-18-17(23)19-15(13)21/h2-8,10H,9H2,1H3,(H2,18,19,21,23). The normalized spacial score (nSPS) is 10.5. The molecule has 3 rings (SSSR count). The number of para-hydroxylation sites is 1. The zero-order valence-electron chi connectivity index (χ0n) is 12.9. The number of aromatic nitrogens is 2. The highest BCUT2D eigenvalue weighted by Crippen LogP contribution is 2.23. The van der Waals surface area contributed by atoms with Crippen molar-refractivity contribution in [2.75, 3.05) is 4.90 Å². The minimum atomic E-state index is -0.590. The third kappa shape index (κ3) is 3.05. The summed E-state index contributed by atoms with van der Waals surface area (Å²) >= 11 is 0. The van der Waals surface area contributed by atoms with E-state index in [9.17, 15) is 14.4 Å². The number of carbonyl (C=O) groups excluding carboxylic acids is 1. The van der Waals surface area contributed by atoms with Crippen LogP contribution in [0, 0.1) is 6.92 Å². The number of furan rings is 1. The lowest BCUT2D eigenvalue weighted by Gasteiger charge is -2.23. The Morgan fingerprint density at radius 1 is 1.21 bits per heavy atom. The van der Waals surface area contributed by atoms with Crippen LogP contribution >= 0.6 is 0 Å². The summed E-state index contributed by atoms with van der Waals surface area (Å²) in [5.41, 5.74) is 1.09. The Bertz CT molecular complexity index is 970. The number of aryl methyl sites for hydroxylation is 1. The lowest BCUT2D eigenvalue weighted by Crippen LogP contribution is -2.35. The second-order valence-corrected chi connectivity index (χ2v) is 5.29. The Kier molecular flexibility index (Phi) is 4.15. The molecule has 0 radical (unpaired) electrons. The van der Waals surface area contributed by atoms with Crippen LogP contribution in [0.1, 0.15) is 21.5 Å². The maximum Gasteiger partial charge on any atom is 0.325 e. The Hall–Kier alpha value is -3.35. The largest absolute Gasteiger partial charge is 0.472 e. The van der Waals surface area contributed by atoms with Gasteiger partial charge in [0.05, 0.1) is 23.9 Å². The highest BCUT2D eigenvalue weighted by Gasteiger charge is 2.21. The smallest absolute Gasteiger partial charge is 0.325 e. The Labute approximate surface area is 136 Å². The monoisotopic (exact) mass is 325 g/mol. The first-order valence-electron chi connectivity index (χ1n) is 7.27. The van der Waals surface area contributed by atoms with Crippen LogP contribution in [-0.4, -0.2) is 15.9 Å². The third-order valence-electron chi connectivity index (χ3n) is 3.64. The Morgan fingerprint density at radius 3 is 2.67 bits per heavy atom. The van der Waals surface area contributed by atoms with Crippen molar-refractivity contribution in [2.45, 2.75) is 13.5 Å². The molecule has 0 saturated heterocycles. The molecule has 122 valence electrons. The fraction of sp³-hybridized carbons (Fsp3) is 0.118. The average Bonchev–Trinajstić information content (AvgIpc) is 3.09. The summed E-state index contributed by atoms with van der Waals surface area (Å²) in [7, 11) is 0. The van der Waals surface area contributed by atoms with Crippen LogP contribution in [0.25, 0.3) is 0 Å². The van der Waals surface area contributed by atoms with Crippen LogP contribution in [0.3, 0.4) is 0 Å². The number of benzene rings is 1. The van der Waals surface area contributed by atoms with E-state index in [1.165, 1.54) is 23.6 Å². The molecule has 1 amide bonds. The van der Waals surface area contributed by atoms with Crippen LogP contribution < -0.4 is 16.1 Å². The van der Waals surface area contributed by atoms with Gasteiger partial charge in [-0.15, -0.1) is 0 Å². The predicted octanol–water partition coefficient (Wildman–Crippen LogP) is 1.81. The Morgan fingerprint density at radius 2 is 2.00 bits per heavy atom. The van der Waals surface area contributed by atoms with Gasteiger partial charge in [0.1, 0.15) is 6.26 Å². The van der Waals surface area contributed by atoms with Gasteiger partial charge in [-0.05, 0) is 24.6 Å².